The molecular weight excluding hydrogens is 350 g/mol. The number of amides is 4. The molecule has 0 aromatic rings. The third-order valence-electron chi connectivity index (χ3n) is 4.06. The third kappa shape index (κ3) is 4.94. The van der Waals surface area contributed by atoms with E-state index in [-0.39, 0.29) is 41.9 Å². The summed E-state index contributed by atoms with van der Waals surface area (Å²) in [5.74, 6) is -2.14. The molecule has 0 bridgehead atoms. The van der Waals surface area contributed by atoms with Crippen LogP contribution < -0.4 is 5.32 Å². The Morgan fingerprint density at radius 2 is 1.92 bits per heavy atom. The number of piperidine rings is 1. The summed E-state index contributed by atoms with van der Waals surface area (Å²) in [5, 5.41) is 2.08. The van der Waals surface area contributed by atoms with Crippen molar-refractivity contribution >= 4 is 40.7 Å². The number of carbonyl (C=O) groups excluding carboxylic acids is 5. The number of nitrogens with one attached hydrogen (secondary N) is 1. The van der Waals surface area contributed by atoms with Crippen LogP contribution in [0.15, 0.2) is 0 Å². The summed E-state index contributed by atoms with van der Waals surface area (Å²) in [7, 11) is 0. The van der Waals surface area contributed by atoms with Crippen LogP contribution in [0.25, 0.3) is 0 Å². The Kier molecular flexibility index (Phi) is 6.80. The van der Waals surface area contributed by atoms with Gasteiger partial charge in [0.05, 0.1) is 18.3 Å². The van der Waals surface area contributed by atoms with Gasteiger partial charge in [-0.25, -0.2) is 0 Å². The monoisotopic (exact) mass is 371 g/mol. The van der Waals surface area contributed by atoms with Crippen molar-refractivity contribution in [2.45, 2.75) is 19.8 Å². The highest BCUT2D eigenvalue weighted by atomic mass is 32.2. The first kappa shape index (κ1) is 19.2. The van der Waals surface area contributed by atoms with Gasteiger partial charge >= 0.3 is 17.8 Å². The quantitative estimate of drug-likeness (QED) is 0.517. The fraction of sp³-hybridized carbons (Fsp3) is 0.667. The predicted octanol–water partition coefficient (Wildman–Crippen LogP) is -0.400. The molecule has 0 unspecified atom stereocenters. The molecule has 0 saturated carbocycles. The molecule has 1 N–H and O–H groups in total. The van der Waals surface area contributed by atoms with Gasteiger partial charge in [0.15, 0.2) is 0 Å². The molecule has 2 aliphatic heterocycles. The van der Waals surface area contributed by atoms with Crippen LogP contribution in [0.2, 0.25) is 0 Å². The largest absolute Gasteiger partial charge is 0.466 e. The minimum atomic E-state index is -0.777. The number of hydrogen-bond donors (Lipinski definition) is 1. The molecule has 0 aliphatic carbocycles. The molecule has 0 aromatic carbocycles. The topological polar surface area (TPSA) is 113 Å². The Morgan fingerprint density at radius 3 is 2.48 bits per heavy atom. The molecule has 2 saturated heterocycles. The lowest BCUT2D eigenvalue weighted by Crippen LogP contribution is -2.48. The van der Waals surface area contributed by atoms with Crippen molar-refractivity contribution in [1.29, 1.82) is 0 Å². The lowest BCUT2D eigenvalue weighted by molar-refractivity contribution is -0.152. The van der Waals surface area contributed by atoms with Crippen molar-refractivity contribution in [3.63, 3.8) is 0 Å². The van der Waals surface area contributed by atoms with Gasteiger partial charge in [-0.3, -0.25) is 28.9 Å². The molecule has 0 radical (unpaired) electrons. The Balaban J connectivity index is 1.72. The first-order valence-electron chi connectivity index (χ1n) is 8.15. The zero-order valence-corrected chi connectivity index (χ0v) is 14.8. The summed E-state index contributed by atoms with van der Waals surface area (Å²) in [5.41, 5.74) is 0. The summed E-state index contributed by atoms with van der Waals surface area (Å²) in [4.78, 5) is 61.0. The van der Waals surface area contributed by atoms with Gasteiger partial charge in [-0.15, -0.1) is 0 Å². The van der Waals surface area contributed by atoms with E-state index in [2.05, 4.69) is 5.32 Å². The molecule has 0 spiro atoms. The van der Waals surface area contributed by atoms with Gasteiger partial charge in [-0.2, -0.15) is 0 Å². The molecular formula is C15H21N3O6S. The molecule has 25 heavy (non-hydrogen) atoms. The lowest BCUT2D eigenvalue weighted by Gasteiger charge is -2.30. The number of rotatable bonds is 5. The zero-order chi connectivity index (χ0) is 18.4. The second kappa shape index (κ2) is 8.84. The van der Waals surface area contributed by atoms with Crippen molar-refractivity contribution < 1.29 is 28.7 Å². The van der Waals surface area contributed by atoms with Crippen LogP contribution in [-0.2, 0) is 23.9 Å². The van der Waals surface area contributed by atoms with Crippen LogP contribution in [0.3, 0.4) is 0 Å². The maximum Gasteiger partial charge on any atom is 0.311 e. The minimum absolute atomic E-state index is 0.0297. The highest BCUT2D eigenvalue weighted by Crippen LogP contribution is 2.19. The second-order valence-corrected chi connectivity index (χ2v) is 6.60. The van der Waals surface area contributed by atoms with E-state index >= 15 is 0 Å². The van der Waals surface area contributed by atoms with E-state index < -0.39 is 11.8 Å². The molecule has 2 heterocycles. The first-order valence-corrected chi connectivity index (χ1v) is 9.13. The summed E-state index contributed by atoms with van der Waals surface area (Å²) in [6.07, 6.45) is 0.928. The Bertz CT molecular complexity index is 558. The van der Waals surface area contributed by atoms with Gasteiger partial charge < -0.3 is 15.0 Å². The van der Waals surface area contributed by atoms with Crippen molar-refractivity contribution in [3.05, 3.63) is 0 Å². The molecule has 10 heteroatoms. The number of thioether (sulfide) groups is 1. The normalized spacial score (nSPS) is 18.4. The highest BCUT2D eigenvalue weighted by Gasteiger charge is 2.32. The fourth-order valence-electron chi connectivity index (χ4n) is 2.68. The smallest absolute Gasteiger partial charge is 0.311 e. The van der Waals surface area contributed by atoms with E-state index in [0.717, 1.165) is 16.7 Å². The summed E-state index contributed by atoms with van der Waals surface area (Å²) >= 11 is 0.919. The SMILES string of the molecule is CCOC(=O)C1CCN(C(=O)C(=O)NCCN2C(=O)CSC2=O)CC1. The van der Waals surface area contributed by atoms with E-state index in [4.69, 9.17) is 4.74 Å². The Hall–Kier alpha value is -2.10. The highest BCUT2D eigenvalue weighted by molar-refractivity contribution is 8.14. The number of nitrogens with zero attached hydrogens (tertiary/aromatic N) is 2. The molecule has 2 aliphatic rings. The number of likely N-dealkylation sites (tertiary alicyclic amines) is 1. The molecule has 4 amide bonds. The number of esters is 1. The summed E-state index contributed by atoms with van der Waals surface area (Å²) < 4.78 is 4.96. The van der Waals surface area contributed by atoms with Crippen LogP contribution >= 0.6 is 11.8 Å². The zero-order valence-electron chi connectivity index (χ0n) is 14.0. The molecule has 0 aromatic heterocycles. The number of hydrogen-bond acceptors (Lipinski definition) is 7. The average molecular weight is 371 g/mol. The Morgan fingerprint density at radius 1 is 1.24 bits per heavy atom. The van der Waals surface area contributed by atoms with E-state index in [9.17, 15) is 24.0 Å². The fourth-order valence-corrected chi connectivity index (χ4v) is 3.43. The van der Waals surface area contributed by atoms with Gasteiger partial charge in [0.1, 0.15) is 0 Å². The third-order valence-corrected chi connectivity index (χ3v) is 4.92. The number of imide groups is 1. The van der Waals surface area contributed by atoms with Crippen molar-refractivity contribution in [1.82, 2.24) is 15.1 Å². The van der Waals surface area contributed by atoms with Crippen molar-refractivity contribution in [2.24, 2.45) is 5.92 Å². The van der Waals surface area contributed by atoms with E-state index in [1.54, 1.807) is 6.92 Å². The van der Waals surface area contributed by atoms with Crippen molar-refractivity contribution in [3.8, 4) is 0 Å². The van der Waals surface area contributed by atoms with Crippen LogP contribution in [-0.4, -0.2) is 77.3 Å². The maximum atomic E-state index is 12.1. The van der Waals surface area contributed by atoms with E-state index in [1.165, 1.54) is 4.90 Å². The lowest BCUT2D eigenvalue weighted by atomic mass is 9.97. The standard InChI is InChI=1S/C15H21N3O6S/c1-2-24-14(22)10-3-6-17(7-4-10)13(21)12(20)16-5-8-18-11(19)9-25-15(18)23/h10H,2-9H2,1H3,(H,16,20). The molecule has 2 rings (SSSR count). The van der Waals surface area contributed by atoms with Crippen LogP contribution in [0.1, 0.15) is 19.8 Å². The van der Waals surface area contributed by atoms with E-state index in [0.29, 0.717) is 32.5 Å². The van der Waals surface area contributed by atoms with Gasteiger partial charge in [0.25, 0.3) is 5.24 Å². The minimum Gasteiger partial charge on any atom is -0.466 e. The van der Waals surface area contributed by atoms with Crippen molar-refractivity contribution in [2.75, 3.05) is 38.5 Å². The van der Waals surface area contributed by atoms with Crippen LogP contribution in [0, 0.1) is 5.92 Å². The average Bonchev–Trinajstić information content (AvgIpc) is 2.93. The number of carbonyl (C=O) groups is 5. The molecule has 9 nitrogen and oxygen atoms in total. The summed E-state index contributed by atoms with van der Waals surface area (Å²) in [6, 6.07) is 0. The summed E-state index contributed by atoms with van der Waals surface area (Å²) in [6.45, 7) is 2.77. The van der Waals surface area contributed by atoms with Crippen LogP contribution in [0.4, 0.5) is 4.79 Å². The molecule has 138 valence electrons. The first-order chi connectivity index (χ1) is 11.9. The molecule has 0 atom stereocenters. The Labute approximate surface area is 149 Å². The van der Waals surface area contributed by atoms with Gasteiger partial charge in [0.2, 0.25) is 5.91 Å². The van der Waals surface area contributed by atoms with E-state index in [1.807, 2.05) is 0 Å². The maximum absolute atomic E-state index is 12.1. The predicted molar refractivity (Wildman–Crippen MR) is 88.5 cm³/mol. The van der Waals surface area contributed by atoms with Gasteiger partial charge in [-0.05, 0) is 19.8 Å². The van der Waals surface area contributed by atoms with Gasteiger partial charge in [-0.1, -0.05) is 11.8 Å². The van der Waals surface area contributed by atoms with Gasteiger partial charge in [0, 0.05) is 26.2 Å². The number of ether oxygens (including phenoxy) is 1. The molecule has 2 fully saturated rings. The van der Waals surface area contributed by atoms with Crippen LogP contribution in [0.5, 0.6) is 0 Å². The second-order valence-electron chi connectivity index (χ2n) is 5.67.